The molecule has 0 aromatic carbocycles. The molecule has 1 rings (SSSR count). The highest BCUT2D eigenvalue weighted by molar-refractivity contribution is 7.99. The summed E-state index contributed by atoms with van der Waals surface area (Å²) in [5, 5.41) is 9.40. The van der Waals surface area contributed by atoms with Crippen LogP contribution < -0.4 is 0 Å². The molecule has 0 aliphatic carbocycles. The lowest BCUT2D eigenvalue weighted by molar-refractivity contribution is -0.137. The van der Waals surface area contributed by atoms with E-state index in [-0.39, 0.29) is 11.7 Å². The molecular weight excluding hydrogens is 212 g/mol. The molecule has 0 unspecified atom stereocenters. The summed E-state index contributed by atoms with van der Waals surface area (Å²) >= 11 is 1.26. The minimum atomic E-state index is -0.304. The van der Waals surface area contributed by atoms with Crippen molar-refractivity contribution < 1.29 is 9.53 Å². The van der Waals surface area contributed by atoms with Crippen LogP contribution in [-0.4, -0.2) is 23.8 Å². The minimum absolute atomic E-state index is 0.206. The van der Waals surface area contributed by atoms with Crippen LogP contribution >= 0.6 is 11.8 Å². The van der Waals surface area contributed by atoms with Crippen molar-refractivity contribution in [1.29, 1.82) is 5.26 Å². The molecule has 1 aromatic rings. The summed E-state index contributed by atoms with van der Waals surface area (Å²) < 4.78 is 4.51. The molecule has 4 nitrogen and oxygen atoms in total. The van der Waals surface area contributed by atoms with Gasteiger partial charge in [0.25, 0.3) is 0 Å². The molecule has 5 heteroatoms. The highest BCUT2D eigenvalue weighted by Crippen LogP contribution is 2.17. The second-order valence-corrected chi connectivity index (χ2v) is 3.81. The maximum atomic E-state index is 10.9. The van der Waals surface area contributed by atoms with Gasteiger partial charge in [0.2, 0.25) is 0 Å². The van der Waals surface area contributed by atoms with Crippen LogP contribution in [0.25, 0.3) is 0 Å². The summed E-state index contributed by atoms with van der Waals surface area (Å²) in [5.41, 5.74) is 1.32. The molecule has 1 heterocycles. The van der Waals surface area contributed by atoms with Gasteiger partial charge in [0, 0.05) is 5.69 Å². The Hall–Kier alpha value is -1.54. The first-order valence-corrected chi connectivity index (χ1v) is 5.22. The van der Waals surface area contributed by atoms with Crippen molar-refractivity contribution in [3.05, 3.63) is 23.4 Å². The number of thioether (sulfide) groups is 1. The molecule has 0 saturated heterocycles. The van der Waals surface area contributed by atoms with E-state index in [1.807, 2.05) is 13.0 Å². The average molecular weight is 222 g/mol. The molecule has 1 aromatic heterocycles. The smallest absolute Gasteiger partial charge is 0.316 e. The molecule has 15 heavy (non-hydrogen) atoms. The standard InChI is InChI=1S/C10H10N2O2S/c1-7-3-8(5-11)4-9(12-7)15-6-10(13)14-2/h3-4H,6H2,1-2H3. The van der Waals surface area contributed by atoms with Gasteiger partial charge in [-0.05, 0) is 19.1 Å². The van der Waals surface area contributed by atoms with E-state index >= 15 is 0 Å². The number of aryl methyl sites for hydroxylation is 1. The van der Waals surface area contributed by atoms with Crippen LogP contribution in [0.15, 0.2) is 17.2 Å². The zero-order valence-electron chi connectivity index (χ0n) is 8.48. The summed E-state index contributed by atoms with van der Waals surface area (Å²) in [5.74, 6) is -0.0977. The van der Waals surface area contributed by atoms with E-state index in [1.54, 1.807) is 12.1 Å². The Morgan fingerprint density at radius 3 is 3.00 bits per heavy atom. The van der Waals surface area contributed by atoms with Crippen molar-refractivity contribution in [2.75, 3.05) is 12.9 Å². The number of methoxy groups -OCH3 is 1. The van der Waals surface area contributed by atoms with Gasteiger partial charge in [-0.25, -0.2) is 4.98 Å². The van der Waals surface area contributed by atoms with Crippen molar-refractivity contribution in [1.82, 2.24) is 4.98 Å². The Bertz CT molecular complexity index is 412. The maximum absolute atomic E-state index is 10.9. The number of rotatable bonds is 3. The van der Waals surface area contributed by atoms with Gasteiger partial charge in [-0.3, -0.25) is 4.79 Å². The number of hydrogen-bond acceptors (Lipinski definition) is 5. The first-order valence-electron chi connectivity index (χ1n) is 4.24. The van der Waals surface area contributed by atoms with Gasteiger partial charge in [-0.2, -0.15) is 5.26 Å². The zero-order valence-corrected chi connectivity index (χ0v) is 9.30. The molecular formula is C10H10N2O2S. The number of ether oxygens (including phenoxy) is 1. The highest BCUT2D eigenvalue weighted by atomic mass is 32.2. The second-order valence-electron chi connectivity index (χ2n) is 2.81. The van der Waals surface area contributed by atoms with Crippen LogP contribution in [0.4, 0.5) is 0 Å². The molecule has 0 radical (unpaired) electrons. The molecule has 0 aliphatic rings. The predicted molar refractivity (Wildman–Crippen MR) is 56.4 cm³/mol. The lowest BCUT2D eigenvalue weighted by Crippen LogP contribution is -2.03. The molecule has 0 atom stereocenters. The van der Waals surface area contributed by atoms with E-state index in [1.165, 1.54) is 18.9 Å². The summed E-state index contributed by atoms with van der Waals surface area (Å²) in [6.45, 7) is 1.81. The minimum Gasteiger partial charge on any atom is -0.468 e. The Kier molecular flexibility index (Phi) is 4.13. The number of esters is 1. The molecule has 0 saturated carbocycles. The van der Waals surface area contributed by atoms with Crippen LogP contribution in [0.1, 0.15) is 11.3 Å². The Morgan fingerprint density at radius 2 is 2.40 bits per heavy atom. The number of carbonyl (C=O) groups excluding carboxylic acids is 1. The quantitative estimate of drug-likeness (QED) is 0.573. The number of nitriles is 1. The van der Waals surface area contributed by atoms with Gasteiger partial charge in [0.05, 0.1) is 29.5 Å². The molecule has 0 N–H and O–H groups in total. The molecule has 0 bridgehead atoms. The van der Waals surface area contributed by atoms with Gasteiger partial charge in [0.15, 0.2) is 0 Å². The van der Waals surface area contributed by atoms with Crippen molar-refractivity contribution >= 4 is 17.7 Å². The monoisotopic (exact) mass is 222 g/mol. The average Bonchev–Trinajstić information content (AvgIpc) is 2.25. The third kappa shape index (κ3) is 3.60. The highest BCUT2D eigenvalue weighted by Gasteiger charge is 2.04. The van der Waals surface area contributed by atoms with Crippen LogP contribution in [0.2, 0.25) is 0 Å². The number of pyridine rings is 1. The summed E-state index contributed by atoms with van der Waals surface area (Å²) in [6.07, 6.45) is 0. The first kappa shape index (κ1) is 11.5. The van der Waals surface area contributed by atoms with Gasteiger partial charge >= 0.3 is 5.97 Å². The van der Waals surface area contributed by atoms with E-state index < -0.39 is 0 Å². The van der Waals surface area contributed by atoms with Crippen LogP contribution in [0.3, 0.4) is 0 Å². The molecule has 0 amide bonds. The van der Waals surface area contributed by atoms with Gasteiger partial charge in [0.1, 0.15) is 0 Å². The van der Waals surface area contributed by atoms with Crippen LogP contribution in [0, 0.1) is 18.3 Å². The summed E-state index contributed by atoms with van der Waals surface area (Å²) in [6, 6.07) is 5.39. The Labute approximate surface area is 92.3 Å². The Morgan fingerprint density at radius 1 is 1.67 bits per heavy atom. The lowest BCUT2D eigenvalue weighted by Gasteiger charge is -2.01. The normalized spacial score (nSPS) is 9.40. The van der Waals surface area contributed by atoms with E-state index in [0.717, 1.165) is 5.69 Å². The number of hydrogen-bond donors (Lipinski definition) is 0. The fourth-order valence-corrected chi connectivity index (χ4v) is 1.77. The van der Waals surface area contributed by atoms with Gasteiger partial charge in [-0.15, -0.1) is 0 Å². The van der Waals surface area contributed by atoms with Gasteiger partial charge in [-0.1, -0.05) is 11.8 Å². The largest absolute Gasteiger partial charge is 0.468 e. The van der Waals surface area contributed by atoms with Crippen molar-refractivity contribution in [2.24, 2.45) is 0 Å². The predicted octanol–water partition coefficient (Wildman–Crippen LogP) is 1.53. The molecule has 0 fully saturated rings. The SMILES string of the molecule is COC(=O)CSc1cc(C#N)cc(C)n1. The van der Waals surface area contributed by atoms with E-state index in [2.05, 4.69) is 9.72 Å². The fraction of sp³-hybridized carbons (Fsp3) is 0.300. The van der Waals surface area contributed by atoms with E-state index in [9.17, 15) is 4.79 Å². The van der Waals surface area contributed by atoms with Gasteiger partial charge < -0.3 is 4.74 Å². The summed E-state index contributed by atoms with van der Waals surface area (Å²) in [4.78, 5) is 15.1. The first-order chi connectivity index (χ1) is 7.15. The Balaban J connectivity index is 2.74. The number of nitrogens with zero attached hydrogens (tertiary/aromatic N) is 2. The van der Waals surface area contributed by atoms with E-state index in [0.29, 0.717) is 10.6 Å². The molecule has 0 spiro atoms. The van der Waals surface area contributed by atoms with Crippen molar-refractivity contribution in [3.8, 4) is 6.07 Å². The number of carbonyl (C=O) groups is 1. The third-order valence-electron chi connectivity index (χ3n) is 1.62. The lowest BCUT2D eigenvalue weighted by atomic mass is 10.2. The van der Waals surface area contributed by atoms with Crippen LogP contribution in [-0.2, 0) is 9.53 Å². The maximum Gasteiger partial charge on any atom is 0.316 e. The number of aromatic nitrogens is 1. The summed E-state index contributed by atoms with van der Waals surface area (Å²) in [7, 11) is 1.34. The van der Waals surface area contributed by atoms with Crippen molar-refractivity contribution in [2.45, 2.75) is 11.9 Å². The van der Waals surface area contributed by atoms with E-state index in [4.69, 9.17) is 5.26 Å². The fourth-order valence-electron chi connectivity index (χ4n) is 0.968. The zero-order chi connectivity index (χ0) is 11.3. The molecule has 78 valence electrons. The molecule has 0 aliphatic heterocycles. The van der Waals surface area contributed by atoms with Crippen molar-refractivity contribution in [3.63, 3.8) is 0 Å². The van der Waals surface area contributed by atoms with Crippen LogP contribution in [0.5, 0.6) is 0 Å². The third-order valence-corrected chi connectivity index (χ3v) is 2.51. The second kappa shape index (κ2) is 5.37. The topological polar surface area (TPSA) is 63.0 Å².